The van der Waals surface area contributed by atoms with Crippen LogP contribution in [-0.2, 0) is 19.3 Å². The molecular weight excluding hydrogens is 290 g/mol. The fourth-order valence-electron chi connectivity index (χ4n) is 1.83. The van der Waals surface area contributed by atoms with Gasteiger partial charge in [0, 0.05) is 13.1 Å². The predicted molar refractivity (Wildman–Crippen MR) is 68.7 cm³/mol. The lowest BCUT2D eigenvalue weighted by molar-refractivity contribution is 0.120. The van der Waals surface area contributed by atoms with E-state index in [-0.39, 0.29) is 6.04 Å². The summed E-state index contributed by atoms with van der Waals surface area (Å²) in [6.45, 7) is 0. The molecule has 0 aliphatic heterocycles. The van der Waals surface area contributed by atoms with Crippen LogP contribution in [0, 0.1) is 0 Å². The van der Waals surface area contributed by atoms with Crippen LogP contribution in [0.4, 0.5) is 9.59 Å². The quantitative estimate of drug-likeness (QED) is 0.731. The van der Waals surface area contributed by atoms with E-state index >= 15 is 0 Å². The molecule has 20 heavy (non-hydrogen) atoms. The third kappa shape index (κ3) is 5.31. The molecule has 10 heteroatoms. The Balaban J connectivity index is 2.42. The first-order valence-electron chi connectivity index (χ1n) is 6.18. The molecule has 1 rings (SSSR count). The smallest absolute Gasteiger partial charge is 0.417 e. The maximum Gasteiger partial charge on any atom is 0.417 e. The van der Waals surface area contributed by atoms with Gasteiger partial charge in [-0.2, -0.15) is 18.6 Å². The third-order valence-electron chi connectivity index (χ3n) is 2.91. The van der Waals surface area contributed by atoms with Gasteiger partial charge in [-0.1, -0.05) is 19.3 Å². The van der Waals surface area contributed by atoms with Crippen LogP contribution < -0.4 is 10.2 Å². The van der Waals surface area contributed by atoms with Crippen LogP contribution in [0.25, 0.3) is 0 Å². The van der Waals surface area contributed by atoms with Crippen molar-refractivity contribution < 1.29 is 27.0 Å². The Morgan fingerprint density at radius 2 is 1.80 bits per heavy atom. The van der Waals surface area contributed by atoms with E-state index in [1.54, 1.807) is 5.48 Å². The summed E-state index contributed by atoms with van der Waals surface area (Å²) in [4.78, 5) is 22.9. The number of imide groups is 1. The Morgan fingerprint density at radius 1 is 1.20 bits per heavy atom. The molecule has 1 aliphatic carbocycles. The van der Waals surface area contributed by atoms with Crippen LogP contribution in [0.2, 0.25) is 0 Å². The number of nitrogens with one attached hydrogen (secondary N) is 2. The summed E-state index contributed by atoms with van der Waals surface area (Å²) in [6.07, 6.45) is 3.51. The van der Waals surface area contributed by atoms with Crippen molar-refractivity contribution in [2.24, 2.45) is 0 Å². The third-order valence-corrected chi connectivity index (χ3v) is 3.83. The molecule has 0 spiro atoms. The van der Waals surface area contributed by atoms with Crippen LogP contribution in [-0.4, -0.2) is 45.6 Å². The number of rotatable bonds is 4. The van der Waals surface area contributed by atoms with E-state index in [4.69, 9.17) is 0 Å². The summed E-state index contributed by atoms with van der Waals surface area (Å²) in [5.41, 5.74) is 1.66. The number of hydrogen-bond donors (Lipinski definition) is 2. The summed E-state index contributed by atoms with van der Waals surface area (Å²) in [5.74, 6) is 0. The number of ether oxygens (including phenoxy) is 1. The van der Waals surface area contributed by atoms with Crippen LogP contribution in [0.3, 0.4) is 0 Å². The van der Waals surface area contributed by atoms with Gasteiger partial charge in [-0.15, -0.1) is 4.28 Å². The summed E-state index contributed by atoms with van der Waals surface area (Å²) < 4.78 is 34.1. The Hall–Kier alpha value is -1.39. The zero-order valence-corrected chi connectivity index (χ0v) is 12.2. The second kappa shape index (κ2) is 7.41. The SMILES string of the molecule is COC(=O)N(C)C(=O)NOS(=O)(=O)NC1CCCCC1. The lowest BCUT2D eigenvalue weighted by atomic mass is 9.96. The van der Waals surface area contributed by atoms with Gasteiger partial charge in [0.05, 0.1) is 7.11 Å². The van der Waals surface area contributed by atoms with Gasteiger partial charge < -0.3 is 4.74 Å². The minimum atomic E-state index is -4.10. The lowest BCUT2D eigenvalue weighted by Crippen LogP contribution is -2.45. The Labute approximate surface area is 117 Å². The molecule has 0 aromatic heterocycles. The maximum absolute atomic E-state index is 11.6. The highest BCUT2D eigenvalue weighted by Gasteiger charge is 2.23. The monoisotopic (exact) mass is 309 g/mol. The molecule has 0 aromatic carbocycles. The summed E-state index contributed by atoms with van der Waals surface area (Å²) in [5, 5.41) is 0. The van der Waals surface area contributed by atoms with Gasteiger partial charge in [-0.05, 0) is 12.8 Å². The van der Waals surface area contributed by atoms with Gasteiger partial charge in [0.2, 0.25) is 0 Å². The van der Waals surface area contributed by atoms with Crippen LogP contribution in [0.15, 0.2) is 0 Å². The summed E-state index contributed by atoms with van der Waals surface area (Å²) in [6, 6.07) is -1.24. The van der Waals surface area contributed by atoms with Crippen molar-refractivity contribution in [3.8, 4) is 0 Å². The van der Waals surface area contributed by atoms with Crippen molar-refractivity contribution in [2.45, 2.75) is 38.1 Å². The molecule has 0 unspecified atom stereocenters. The molecule has 0 radical (unpaired) electrons. The molecule has 1 aliphatic rings. The number of hydrogen-bond acceptors (Lipinski definition) is 6. The first-order valence-corrected chi connectivity index (χ1v) is 7.59. The molecule has 3 amide bonds. The van der Waals surface area contributed by atoms with Gasteiger partial charge in [0.1, 0.15) is 0 Å². The van der Waals surface area contributed by atoms with Crippen molar-refractivity contribution in [2.75, 3.05) is 14.2 Å². The zero-order chi connectivity index (χ0) is 15.2. The number of carbonyl (C=O) groups is 2. The Kier molecular flexibility index (Phi) is 6.17. The highest BCUT2D eigenvalue weighted by molar-refractivity contribution is 7.84. The topological polar surface area (TPSA) is 114 Å². The van der Waals surface area contributed by atoms with E-state index in [0.717, 1.165) is 46.3 Å². The first kappa shape index (κ1) is 16.7. The highest BCUT2D eigenvalue weighted by Crippen LogP contribution is 2.18. The number of carbonyl (C=O) groups excluding carboxylic acids is 2. The molecule has 116 valence electrons. The average Bonchev–Trinajstić information content (AvgIpc) is 2.43. The van der Waals surface area contributed by atoms with E-state index in [1.165, 1.54) is 0 Å². The largest absolute Gasteiger partial charge is 0.452 e. The maximum atomic E-state index is 11.6. The van der Waals surface area contributed by atoms with E-state index in [1.807, 2.05) is 0 Å². The van der Waals surface area contributed by atoms with Gasteiger partial charge in [0.15, 0.2) is 0 Å². The standard InChI is InChI=1S/C10H19N3O6S/c1-13(10(15)18-2)9(14)11-19-20(16,17)12-8-6-4-3-5-7-8/h8,12H,3-7H2,1-2H3,(H,11,14). The zero-order valence-electron chi connectivity index (χ0n) is 11.4. The minimum Gasteiger partial charge on any atom is -0.452 e. The van der Waals surface area contributed by atoms with Crippen molar-refractivity contribution in [3.63, 3.8) is 0 Å². The second-order valence-corrected chi connectivity index (χ2v) is 5.74. The van der Waals surface area contributed by atoms with Gasteiger partial charge in [0.25, 0.3) is 0 Å². The van der Waals surface area contributed by atoms with E-state index in [0.29, 0.717) is 4.90 Å². The number of nitrogens with zero attached hydrogens (tertiary/aromatic N) is 1. The molecule has 1 saturated carbocycles. The average molecular weight is 309 g/mol. The predicted octanol–water partition coefficient (Wildman–Crippen LogP) is 0.493. The minimum absolute atomic E-state index is 0.191. The lowest BCUT2D eigenvalue weighted by Gasteiger charge is -2.22. The van der Waals surface area contributed by atoms with Crippen molar-refractivity contribution in [3.05, 3.63) is 0 Å². The molecule has 0 aromatic rings. The fraction of sp³-hybridized carbons (Fsp3) is 0.800. The van der Waals surface area contributed by atoms with E-state index < -0.39 is 22.4 Å². The van der Waals surface area contributed by atoms with Crippen LogP contribution in [0.1, 0.15) is 32.1 Å². The van der Waals surface area contributed by atoms with E-state index in [2.05, 4.69) is 13.7 Å². The van der Waals surface area contributed by atoms with Gasteiger partial charge >= 0.3 is 22.4 Å². The van der Waals surface area contributed by atoms with Crippen molar-refractivity contribution in [1.82, 2.24) is 15.1 Å². The highest BCUT2D eigenvalue weighted by atomic mass is 32.2. The molecule has 0 heterocycles. The fourth-order valence-corrected chi connectivity index (χ4v) is 2.70. The summed E-state index contributed by atoms with van der Waals surface area (Å²) in [7, 11) is -1.89. The number of amides is 3. The molecule has 0 atom stereocenters. The van der Waals surface area contributed by atoms with Crippen LogP contribution >= 0.6 is 0 Å². The molecule has 0 bridgehead atoms. The van der Waals surface area contributed by atoms with E-state index in [9.17, 15) is 18.0 Å². The van der Waals surface area contributed by atoms with Gasteiger partial charge in [-0.25, -0.2) is 14.5 Å². The second-order valence-electron chi connectivity index (χ2n) is 4.43. The molecule has 2 N–H and O–H groups in total. The molecule has 1 fully saturated rings. The summed E-state index contributed by atoms with van der Waals surface area (Å²) >= 11 is 0. The van der Waals surface area contributed by atoms with Crippen molar-refractivity contribution in [1.29, 1.82) is 0 Å². The molecular formula is C10H19N3O6S. The first-order chi connectivity index (χ1) is 9.35. The Bertz CT molecular complexity index is 446. The molecule has 0 saturated heterocycles. The molecule has 9 nitrogen and oxygen atoms in total. The van der Waals surface area contributed by atoms with Crippen molar-refractivity contribution >= 4 is 22.4 Å². The van der Waals surface area contributed by atoms with Crippen LogP contribution in [0.5, 0.6) is 0 Å². The number of urea groups is 1. The normalized spacial score (nSPS) is 16.5. The Morgan fingerprint density at radius 3 is 2.35 bits per heavy atom. The number of methoxy groups -OCH3 is 1. The van der Waals surface area contributed by atoms with Gasteiger partial charge in [-0.3, -0.25) is 0 Å². The number of hydroxylamine groups is 1.